The molecular formula is C38H41N5O3S2. The van der Waals surface area contributed by atoms with Crippen molar-refractivity contribution in [3.8, 4) is 11.5 Å². The highest BCUT2D eigenvalue weighted by atomic mass is 32.2. The minimum Gasteiger partial charge on any atom is -0.453 e. The predicted molar refractivity (Wildman–Crippen MR) is 193 cm³/mol. The monoisotopic (exact) mass is 679 g/mol. The largest absolute Gasteiger partial charge is 0.453 e. The maximum absolute atomic E-state index is 12.7. The molecule has 1 saturated heterocycles. The van der Waals surface area contributed by atoms with Crippen molar-refractivity contribution in [1.29, 1.82) is 0 Å². The van der Waals surface area contributed by atoms with E-state index in [1.165, 1.54) is 5.56 Å². The Morgan fingerprint density at radius 1 is 0.979 bits per heavy atom. The van der Waals surface area contributed by atoms with E-state index in [0.29, 0.717) is 30.6 Å². The summed E-state index contributed by atoms with van der Waals surface area (Å²) in [5.74, 6) is 2.26. The first-order valence-electron chi connectivity index (χ1n) is 16.3. The molecule has 5 aromatic rings. The van der Waals surface area contributed by atoms with Gasteiger partial charge in [0.2, 0.25) is 0 Å². The van der Waals surface area contributed by atoms with Crippen molar-refractivity contribution in [2.45, 2.75) is 62.2 Å². The first kappa shape index (κ1) is 33.5. The molecule has 6 rings (SSSR count). The molecule has 248 valence electrons. The molecule has 2 aromatic carbocycles. The van der Waals surface area contributed by atoms with Crippen molar-refractivity contribution in [1.82, 2.24) is 19.9 Å². The third-order valence-electron chi connectivity index (χ3n) is 7.95. The predicted octanol–water partition coefficient (Wildman–Crippen LogP) is 9.73. The van der Waals surface area contributed by atoms with Crippen LogP contribution in [0, 0.1) is 5.92 Å². The number of benzene rings is 2. The van der Waals surface area contributed by atoms with Gasteiger partial charge in [-0.25, -0.2) is 14.8 Å². The van der Waals surface area contributed by atoms with E-state index in [1.807, 2.05) is 92.7 Å². The lowest BCUT2D eigenvalue weighted by Crippen LogP contribution is -2.42. The van der Waals surface area contributed by atoms with E-state index in [1.54, 1.807) is 23.1 Å². The molecule has 10 heteroatoms. The first-order chi connectivity index (χ1) is 23.3. The Morgan fingerprint density at radius 3 is 2.42 bits per heavy atom. The number of nitrogens with one attached hydrogen (secondary N) is 1. The molecule has 0 spiro atoms. The fraction of sp³-hybridized carbons (Fsp3) is 0.316. The van der Waals surface area contributed by atoms with Crippen molar-refractivity contribution in [3.05, 3.63) is 120 Å². The van der Waals surface area contributed by atoms with Gasteiger partial charge in [-0.05, 0) is 88.3 Å². The summed E-state index contributed by atoms with van der Waals surface area (Å²) >= 11 is 3.30. The van der Waals surface area contributed by atoms with Gasteiger partial charge in [-0.1, -0.05) is 54.6 Å². The molecule has 0 aliphatic carbocycles. The molecule has 0 saturated carbocycles. The second kappa shape index (κ2) is 15.7. The van der Waals surface area contributed by atoms with E-state index in [2.05, 4.69) is 41.0 Å². The topological polar surface area (TPSA) is 89.5 Å². The lowest BCUT2D eigenvalue weighted by atomic mass is 9.91. The number of carbonyl (C=O) groups is 1. The van der Waals surface area contributed by atoms with E-state index < -0.39 is 5.60 Å². The van der Waals surface area contributed by atoms with E-state index in [9.17, 15) is 4.79 Å². The number of para-hydroxylation sites is 1. The molecule has 1 unspecified atom stereocenters. The average molecular weight is 680 g/mol. The van der Waals surface area contributed by atoms with Gasteiger partial charge < -0.3 is 19.7 Å². The van der Waals surface area contributed by atoms with Crippen LogP contribution in [0.4, 0.5) is 15.7 Å². The number of hydrogen-bond acceptors (Lipinski definition) is 9. The third kappa shape index (κ3) is 9.35. The van der Waals surface area contributed by atoms with E-state index in [4.69, 9.17) is 24.4 Å². The summed E-state index contributed by atoms with van der Waals surface area (Å²) in [6.07, 6.45) is 6.99. The lowest BCUT2D eigenvalue weighted by Gasteiger charge is -2.36. The van der Waals surface area contributed by atoms with E-state index in [-0.39, 0.29) is 11.3 Å². The SMILES string of the molecule is CC(C)(C)OC(=O)N1CCC(C(Sc2cnc(Nc3nc(CCc4ccccc4)cs3)c(Oc3ccccc3)c2)c2ccccn2)CC1. The molecule has 0 bridgehead atoms. The molecule has 1 aliphatic heterocycles. The van der Waals surface area contributed by atoms with Gasteiger partial charge in [0.15, 0.2) is 16.7 Å². The summed E-state index contributed by atoms with van der Waals surface area (Å²) in [7, 11) is 0. The molecule has 1 fully saturated rings. The van der Waals surface area contributed by atoms with Crippen LogP contribution in [-0.4, -0.2) is 44.6 Å². The molecule has 8 nitrogen and oxygen atoms in total. The number of nitrogens with zero attached hydrogens (tertiary/aromatic N) is 4. The molecule has 1 amide bonds. The Hall–Kier alpha value is -4.41. The van der Waals surface area contributed by atoms with Gasteiger partial charge in [0.1, 0.15) is 11.4 Å². The summed E-state index contributed by atoms with van der Waals surface area (Å²) in [5, 5.41) is 6.36. The number of pyridine rings is 2. The summed E-state index contributed by atoms with van der Waals surface area (Å²) < 4.78 is 12.1. The number of rotatable bonds is 11. The van der Waals surface area contributed by atoms with Crippen LogP contribution in [0.1, 0.15) is 55.8 Å². The molecule has 1 atom stereocenters. The van der Waals surface area contributed by atoms with Gasteiger partial charge in [-0.3, -0.25) is 4.98 Å². The normalized spacial score (nSPS) is 14.4. The second-order valence-electron chi connectivity index (χ2n) is 12.8. The lowest BCUT2D eigenvalue weighted by molar-refractivity contribution is 0.0183. The van der Waals surface area contributed by atoms with Crippen LogP contribution in [0.25, 0.3) is 0 Å². The van der Waals surface area contributed by atoms with Crippen LogP contribution in [0.3, 0.4) is 0 Å². The number of aryl methyl sites for hydroxylation is 2. The minimum atomic E-state index is -0.516. The van der Waals surface area contributed by atoms with Crippen LogP contribution in [0.5, 0.6) is 11.5 Å². The zero-order valence-corrected chi connectivity index (χ0v) is 29.2. The Kier molecular flexibility index (Phi) is 10.9. The van der Waals surface area contributed by atoms with Gasteiger partial charge in [0.05, 0.1) is 16.6 Å². The highest BCUT2D eigenvalue weighted by molar-refractivity contribution is 7.99. The molecule has 48 heavy (non-hydrogen) atoms. The van der Waals surface area contributed by atoms with Gasteiger partial charge in [0, 0.05) is 35.8 Å². The number of hydrogen-bond donors (Lipinski definition) is 1. The Bertz CT molecular complexity index is 1760. The molecule has 4 heterocycles. The van der Waals surface area contributed by atoms with Gasteiger partial charge in [-0.15, -0.1) is 23.1 Å². The maximum atomic E-state index is 12.7. The van der Waals surface area contributed by atoms with Gasteiger partial charge >= 0.3 is 6.09 Å². The standard InChI is InChI=1S/C38H41N5O3S2/c1-38(2,3)46-37(44)43-22-19-28(20-23-43)34(32-16-10-11-21-39-32)48-31-24-33(45-30-14-8-5-9-15-30)35(40-25-31)42-36-41-29(26-47-36)18-17-27-12-6-4-7-13-27/h4-16,21,24-26,28,34H,17-20,22-23H2,1-3H3,(H,40,41,42). The molecule has 1 N–H and O–H groups in total. The van der Waals surface area contributed by atoms with Crippen LogP contribution < -0.4 is 10.1 Å². The van der Waals surface area contributed by atoms with Crippen molar-refractivity contribution in [3.63, 3.8) is 0 Å². The van der Waals surface area contributed by atoms with E-state index in [0.717, 1.165) is 52.8 Å². The molecule has 3 aromatic heterocycles. The van der Waals surface area contributed by atoms with Crippen molar-refractivity contribution in [2.75, 3.05) is 18.4 Å². The van der Waals surface area contributed by atoms with Crippen LogP contribution in [-0.2, 0) is 17.6 Å². The number of anilines is 2. The average Bonchev–Trinajstić information content (AvgIpc) is 3.55. The fourth-order valence-electron chi connectivity index (χ4n) is 5.58. The Balaban J connectivity index is 1.20. The molecule has 0 radical (unpaired) electrons. The maximum Gasteiger partial charge on any atom is 0.410 e. The minimum absolute atomic E-state index is 0.0725. The number of piperidine rings is 1. The Morgan fingerprint density at radius 2 is 1.71 bits per heavy atom. The summed E-state index contributed by atoms with van der Waals surface area (Å²) in [6.45, 7) is 6.99. The van der Waals surface area contributed by atoms with Crippen molar-refractivity contribution >= 4 is 40.1 Å². The third-order valence-corrected chi connectivity index (χ3v) is 10.1. The summed E-state index contributed by atoms with van der Waals surface area (Å²) in [5.41, 5.74) is 2.83. The summed E-state index contributed by atoms with van der Waals surface area (Å²) in [6, 6.07) is 28.3. The molecular weight excluding hydrogens is 639 g/mol. The van der Waals surface area contributed by atoms with Crippen molar-refractivity contribution < 1.29 is 14.3 Å². The number of amides is 1. The fourth-order valence-corrected chi connectivity index (χ4v) is 7.63. The van der Waals surface area contributed by atoms with Gasteiger partial charge in [0.25, 0.3) is 0 Å². The zero-order valence-electron chi connectivity index (χ0n) is 27.5. The number of aromatic nitrogens is 3. The number of ether oxygens (including phenoxy) is 2. The smallest absolute Gasteiger partial charge is 0.410 e. The summed E-state index contributed by atoms with van der Waals surface area (Å²) in [4.78, 5) is 30.0. The van der Waals surface area contributed by atoms with E-state index >= 15 is 0 Å². The Labute approximate surface area is 291 Å². The zero-order chi connectivity index (χ0) is 33.3. The van der Waals surface area contributed by atoms with Crippen LogP contribution in [0.15, 0.2) is 108 Å². The second-order valence-corrected chi connectivity index (χ2v) is 14.9. The number of carbonyl (C=O) groups excluding carboxylic acids is 1. The first-order valence-corrected chi connectivity index (χ1v) is 18.1. The quantitative estimate of drug-likeness (QED) is 0.138. The number of thioether (sulfide) groups is 1. The highest BCUT2D eigenvalue weighted by Crippen LogP contribution is 2.45. The van der Waals surface area contributed by atoms with Crippen molar-refractivity contribution in [2.24, 2.45) is 5.92 Å². The number of thiazole rings is 1. The highest BCUT2D eigenvalue weighted by Gasteiger charge is 2.33. The van der Waals surface area contributed by atoms with Crippen LogP contribution in [0.2, 0.25) is 0 Å². The van der Waals surface area contributed by atoms with Crippen LogP contribution >= 0.6 is 23.1 Å². The molecule has 1 aliphatic rings. The number of likely N-dealkylation sites (tertiary alicyclic amines) is 1. The van der Waals surface area contributed by atoms with Gasteiger partial charge in [-0.2, -0.15) is 0 Å².